The lowest BCUT2D eigenvalue weighted by atomic mass is 10.1. The van der Waals surface area contributed by atoms with Gasteiger partial charge in [-0.3, -0.25) is 4.79 Å². The molecule has 0 fully saturated rings. The minimum absolute atomic E-state index is 0.0815. The largest absolute Gasteiger partial charge is 0.496 e. The molecule has 20 heavy (non-hydrogen) atoms. The lowest BCUT2D eigenvalue weighted by Crippen LogP contribution is -2.35. The predicted octanol–water partition coefficient (Wildman–Crippen LogP) is 2.46. The summed E-state index contributed by atoms with van der Waals surface area (Å²) in [6, 6.07) is 3.13. The van der Waals surface area contributed by atoms with Gasteiger partial charge in [0.1, 0.15) is 5.75 Å². The van der Waals surface area contributed by atoms with Crippen molar-refractivity contribution in [1.29, 1.82) is 0 Å². The Morgan fingerprint density at radius 2 is 1.70 bits per heavy atom. The third kappa shape index (κ3) is 3.70. The third-order valence-corrected chi connectivity index (χ3v) is 3.34. The summed E-state index contributed by atoms with van der Waals surface area (Å²) in [4.78, 5) is 12.3. The summed E-state index contributed by atoms with van der Waals surface area (Å²) in [6.45, 7) is 1.96. The highest BCUT2D eigenvalue weighted by Gasteiger charge is 2.19. The van der Waals surface area contributed by atoms with Crippen molar-refractivity contribution in [3.8, 4) is 17.2 Å². The van der Waals surface area contributed by atoms with Crippen molar-refractivity contribution in [3.63, 3.8) is 0 Å². The summed E-state index contributed by atoms with van der Waals surface area (Å²) < 4.78 is 15.6. The molecule has 0 saturated heterocycles. The zero-order chi connectivity index (χ0) is 15.1. The highest BCUT2D eigenvalue weighted by molar-refractivity contribution is 6.18. The monoisotopic (exact) mass is 301 g/mol. The van der Waals surface area contributed by atoms with Gasteiger partial charge in [0.2, 0.25) is 0 Å². The number of carbonyl (C=O) groups excluding carboxylic acids is 1. The molecule has 0 aliphatic rings. The fourth-order valence-corrected chi connectivity index (χ4v) is 2.01. The average molecular weight is 302 g/mol. The van der Waals surface area contributed by atoms with Gasteiger partial charge in [-0.1, -0.05) is 6.92 Å². The number of nitrogens with one attached hydrogen (secondary N) is 1. The Morgan fingerprint density at radius 1 is 1.15 bits per heavy atom. The van der Waals surface area contributed by atoms with E-state index in [4.69, 9.17) is 25.8 Å². The summed E-state index contributed by atoms with van der Waals surface area (Å²) in [6.07, 6.45) is 0.755. The first kappa shape index (κ1) is 16.4. The summed E-state index contributed by atoms with van der Waals surface area (Å²) in [5, 5.41) is 2.85. The fraction of sp³-hybridized carbons (Fsp3) is 0.500. The van der Waals surface area contributed by atoms with Crippen molar-refractivity contribution in [2.45, 2.75) is 19.4 Å². The Morgan fingerprint density at radius 3 is 2.15 bits per heavy atom. The molecule has 1 unspecified atom stereocenters. The minimum Gasteiger partial charge on any atom is -0.496 e. The summed E-state index contributed by atoms with van der Waals surface area (Å²) in [5.74, 6) is 1.50. The van der Waals surface area contributed by atoms with Crippen molar-refractivity contribution in [1.82, 2.24) is 5.32 Å². The molecular weight excluding hydrogens is 282 g/mol. The van der Waals surface area contributed by atoms with Gasteiger partial charge in [-0.05, 0) is 6.42 Å². The number of benzene rings is 1. The van der Waals surface area contributed by atoms with Crippen LogP contribution in [0.25, 0.3) is 0 Å². The van der Waals surface area contributed by atoms with Gasteiger partial charge < -0.3 is 19.5 Å². The van der Waals surface area contributed by atoms with Crippen LogP contribution in [-0.4, -0.2) is 39.2 Å². The van der Waals surface area contributed by atoms with Gasteiger partial charge in [-0.2, -0.15) is 0 Å². The molecule has 6 heteroatoms. The molecule has 0 saturated carbocycles. The zero-order valence-corrected chi connectivity index (χ0v) is 12.9. The van der Waals surface area contributed by atoms with Crippen LogP contribution in [0.4, 0.5) is 0 Å². The number of hydrogen-bond acceptors (Lipinski definition) is 4. The van der Waals surface area contributed by atoms with Crippen molar-refractivity contribution < 1.29 is 19.0 Å². The zero-order valence-electron chi connectivity index (χ0n) is 12.2. The average Bonchev–Trinajstić information content (AvgIpc) is 2.50. The lowest BCUT2D eigenvalue weighted by molar-refractivity contribution is 0.0936. The molecule has 0 spiro atoms. The van der Waals surface area contributed by atoms with Crippen LogP contribution in [0.5, 0.6) is 17.2 Å². The van der Waals surface area contributed by atoms with E-state index in [0.717, 1.165) is 6.42 Å². The van der Waals surface area contributed by atoms with E-state index < -0.39 is 0 Å². The second-order valence-corrected chi connectivity index (χ2v) is 4.45. The van der Waals surface area contributed by atoms with Crippen LogP contribution >= 0.6 is 11.6 Å². The van der Waals surface area contributed by atoms with Crippen LogP contribution in [0.1, 0.15) is 23.7 Å². The van der Waals surface area contributed by atoms with Crippen molar-refractivity contribution in [2.75, 3.05) is 27.2 Å². The molecule has 112 valence electrons. The SMILES string of the molecule is CCC(CCl)NC(=O)c1cc(OC)c(OC)cc1OC. The van der Waals surface area contributed by atoms with Gasteiger partial charge in [0.05, 0.1) is 26.9 Å². The third-order valence-electron chi connectivity index (χ3n) is 2.96. The van der Waals surface area contributed by atoms with Crippen molar-refractivity contribution in [3.05, 3.63) is 17.7 Å². The number of ether oxygens (including phenoxy) is 3. The predicted molar refractivity (Wildman–Crippen MR) is 78.4 cm³/mol. The molecule has 0 aliphatic carbocycles. The van der Waals surface area contributed by atoms with E-state index in [0.29, 0.717) is 28.7 Å². The van der Waals surface area contributed by atoms with Crippen LogP contribution in [0.2, 0.25) is 0 Å². The Hall–Kier alpha value is -1.62. The summed E-state index contributed by atoms with van der Waals surface area (Å²) >= 11 is 5.79. The number of hydrogen-bond donors (Lipinski definition) is 1. The van der Waals surface area contributed by atoms with Crippen LogP contribution in [0.15, 0.2) is 12.1 Å². The first-order valence-corrected chi connectivity index (χ1v) is 6.81. The number of halogens is 1. The Kier molecular flexibility index (Phi) is 6.45. The van der Waals surface area contributed by atoms with Gasteiger partial charge >= 0.3 is 0 Å². The van der Waals surface area contributed by atoms with E-state index in [2.05, 4.69) is 5.32 Å². The van der Waals surface area contributed by atoms with Crippen LogP contribution in [0, 0.1) is 0 Å². The molecule has 0 heterocycles. The van der Waals surface area contributed by atoms with Gasteiger partial charge in [0, 0.05) is 24.1 Å². The highest BCUT2D eigenvalue weighted by Crippen LogP contribution is 2.34. The van der Waals surface area contributed by atoms with E-state index in [9.17, 15) is 4.79 Å². The maximum atomic E-state index is 12.3. The summed E-state index contributed by atoms with van der Waals surface area (Å²) in [5.41, 5.74) is 0.383. The number of rotatable bonds is 7. The standard InChI is InChI=1S/C14H20ClNO4/c1-5-9(8-15)16-14(17)10-6-12(19-3)13(20-4)7-11(10)18-2/h6-7,9H,5,8H2,1-4H3,(H,16,17). The Balaban J connectivity index is 3.12. The molecule has 0 bridgehead atoms. The highest BCUT2D eigenvalue weighted by atomic mass is 35.5. The Bertz CT molecular complexity index is 461. The topological polar surface area (TPSA) is 56.8 Å². The molecule has 1 aromatic rings. The number of methoxy groups -OCH3 is 3. The molecule has 1 N–H and O–H groups in total. The van der Waals surface area contributed by atoms with E-state index in [1.54, 1.807) is 12.1 Å². The van der Waals surface area contributed by atoms with Crippen molar-refractivity contribution in [2.24, 2.45) is 0 Å². The number of carbonyl (C=O) groups is 1. The molecule has 5 nitrogen and oxygen atoms in total. The van der Waals surface area contributed by atoms with E-state index >= 15 is 0 Å². The maximum Gasteiger partial charge on any atom is 0.255 e. The van der Waals surface area contributed by atoms with Crippen LogP contribution in [-0.2, 0) is 0 Å². The molecule has 0 aromatic heterocycles. The second kappa shape index (κ2) is 7.85. The normalized spacial score (nSPS) is 11.7. The number of alkyl halides is 1. The summed E-state index contributed by atoms with van der Waals surface area (Å²) in [7, 11) is 4.54. The van der Waals surface area contributed by atoms with Gasteiger partial charge in [0.25, 0.3) is 5.91 Å². The van der Waals surface area contributed by atoms with Gasteiger partial charge in [0.15, 0.2) is 11.5 Å². The first-order chi connectivity index (χ1) is 9.60. The van der Waals surface area contributed by atoms with E-state index in [1.165, 1.54) is 21.3 Å². The quantitative estimate of drug-likeness (QED) is 0.786. The second-order valence-electron chi connectivity index (χ2n) is 4.14. The number of amides is 1. The molecule has 1 rings (SSSR count). The van der Waals surface area contributed by atoms with E-state index in [-0.39, 0.29) is 11.9 Å². The van der Waals surface area contributed by atoms with Crippen LogP contribution in [0.3, 0.4) is 0 Å². The molecule has 1 atom stereocenters. The van der Waals surface area contributed by atoms with Crippen LogP contribution < -0.4 is 19.5 Å². The molecule has 1 amide bonds. The molecule has 0 radical (unpaired) electrons. The van der Waals surface area contributed by atoms with Crippen molar-refractivity contribution >= 4 is 17.5 Å². The maximum absolute atomic E-state index is 12.3. The van der Waals surface area contributed by atoms with Gasteiger partial charge in [-0.25, -0.2) is 0 Å². The molecule has 1 aromatic carbocycles. The molecular formula is C14H20ClNO4. The fourth-order valence-electron chi connectivity index (χ4n) is 1.72. The van der Waals surface area contributed by atoms with E-state index in [1.807, 2.05) is 6.92 Å². The first-order valence-electron chi connectivity index (χ1n) is 6.28. The minimum atomic E-state index is -0.254. The molecule has 0 aliphatic heterocycles. The van der Waals surface area contributed by atoms with Gasteiger partial charge in [-0.15, -0.1) is 11.6 Å². The Labute approximate surface area is 124 Å². The lowest BCUT2D eigenvalue weighted by Gasteiger charge is -2.17. The smallest absolute Gasteiger partial charge is 0.255 e.